The summed E-state index contributed by atoms with van der Waals surface area (Å²) in [5, 5.41) is 0.657. The largest absolute Gasteiger partial charge is 0.495 e. The molecule has 0 N–H and O–H groups in total. The highest BCUT2D eigenvalue weighted by Gasteiger charge is 2.33. The smallest absolute Gasteiger partial charge is 0.168 e. The molecule has 4 heteroatoms. The van der Waals surface area contributed by atoms with Crippen molar-refractivity contribution < 1.29 is 9.53 Å². The lowest BCUT2D eigenvalue weighted by molar-refractivity contribution is 0.0934. The maximum absolute atomic E-state index is 12.0. The van der Waals surface area contributed by atoms with E-state index in [1.54, 1.807) is 0 Å². The maximum atomic E-state index is 12.0. The highest BCUT2D eigenvalue weighted by Crippen LogP contribution is 2.42. The molecule has 1 aliphatic rings. The summed E-state index contributed by atoms with van der Waals surface area (Å²) >= 11 is 12.1. The molecular formula is C12H12Cl2O2. The number of Topliss-reactive ketones (excluding diaryl/α,β-unsaturated/α-hetero) is 1. The average Bonchev–Trinajstić information content (AvgIpc) is 2.60. The topological polar surface area (TPSA) is 26.3 Å². The van der Waals surface area contributed by atoms with Gasteiger partial charge in [0.05, 0.1) is 12.1 Å². The molecule has 0 radical (unpaired) electrons. The van der Waals surface area contributed by atoms with Gasteiger partial charge in [-0.05, 0) is 24.5 Å². The van der Waals surface area contributed by atoms with Crippen molar-refractivity contribution in [2.75, 3.05) is 7.11 Å². The molecule has 0 heterocycles. The zero-order valence-corrected chi connectivity index (χ0v) is 10.7. The number of hydrogen-bond donors (Lipinski definition) is 0. The van der Waals surface area contributed by atoms with E-state index in [1.165, 1.54) is 7.11 Å². The molecule has 0 amide bonds. The van der Waals surface area contributed by atoms with E-state index in [0.717, 1.165) is 18.4 Å². The zero-order chi connectivity index (χ0) is 11.9. The number of ether oxygens (including phenoxy) is 1. The Labute approximate surface area is 104 Å². The Bertz CT molecular complexity index is 455. The van der Waals surface area contributed by atoms with Crippen molar-refractivity contribution in [2.45, 2.75) is 19.8 Å². The molecule has 0 saturated heterocycles. The highest BCUT2D eigenvalue weighted by atomic mass is 35.5. The van der Waals surface area contributed by atoms with Crippen LogP contribution in [-0.2, 0) is 6.42 Å². The SMILES string of the molecule is CCC1Cc2cc(OC)c(Cl)c(Cl)c2C1=O. The van der Waals surface area contributed by atoms with Crippen molar-refractivity contribution in [3.8, 4) is 5.75 Å². The van der Waals surface area contributed by atoms with E-state index in [0.29, 0.717) is 21.4 Å². The second-order valence-corrected chi connectivity index (χ2v) is 4.67. The zero-order valence-electron chi connectivity index (χ0n) is 9.14. The summed E-state index contributed by atoms with van der Waals surface area (Å²) in [4.78, 5) is 12.0. The van der Waals surface area contributed by atoms with Crippen molar-refractivity contribution in [1.82, 2.24) is 0 Å². The predicted octanol–water partition coefficient (Wildman–Crippen LogP) is 3.77. The minimum absolute atomic E-state index is 0.0377. The van der Waals surface area contributed by atoms with Crippen LogP contribution in [-0.4, -0.2) is 12.9 Å². The third kappa shape index (κ3) is 1.61. The van der Waals surface area contributed by atoms with Crippen molar-refractivity contribution in [1.29, 1.82) is 0 Å². The number of benzene rings is 1. The third-order valence-electron chi connectivity index (χ3n) is 3.05. The van der Waals surface area contributed by atoms with Crippen LogP contribution in [0.15, 0.2) is 6.07 Å². The Balaban J connectivity index is 2.59. The number of halogens is 2. The van der Waals surface area contributed by atoms with Crippen molar-refractivity contribution in [3.63, 3.8) is 0 Å². The summed E-state index contributed by atoms with van der Waals surface area (Å²) in [6, 6.07) is 1.82. The fourth-order valence-electron chi connectivity index (χ4n) is 2.12. The molecule has 1 aromatic carbocycles. The molecule has 1 aromatic rings. The van der Waals surface area contributed by atoms with Gasteiger partial charge in [-0.2, -0.15) is 0 Å². The first-order valence-corrected chi connectivity index (χ1v) is 5.94. The molecule has 1 unspecified atom stereocenters. The van der Waals surface area contributed by atoms with Gasteiger partial charge in [0, 0.05) is 11.5 Å². The quantitative estimate of drug-likeness (QED) is 0.808. The molecule has 2 rings (SSSR count). The lowest BCUT2D eigenvalue weighted by Crippen LogP contribution is -2.07. The minimum atomic E-state index is 0.0377. The van der Waals surface area contributed by atoms with Crippen LogP contribution in [0.5, 0.6) is 5.75 Å². The number of carbonyl (C=O) groups excluding carboxylic acids is 1. The Kier molecular flexibility index (Phi) is 3.13. The normalized spacial score (nSPS) is 18.8. The number of rotatable bonds is 2. The standard InChI is InChI=1S/C12H12Cl2O2/c1-3-6-4-7-5-8(16-2)10(13)11(14)9(7)12(6)15/h5-6H,3-4H2,1-2H3. The lowest BCUT2D eigenvalue weighted by atomic mass is 10.0. The molecule has 0 fully saturated rings. The van der Waals surface area contributed by atoms with E-state index in [9.17, 15) is 4.79 Å². The molecular weight excluding hydrogens is 247 g/mol. The Morgan fingerprint density at radius 1 is 1.44 bits per heavy atom. The summed E-state index contributed by atoms with van der Waals surface area (Å²) in [5.74, 6) is 0.678. The van der Waals surface area contributed by atoms with Crippen molar-refractivity contribution in [2.24, 2.45) is 5.92 Å². The Hall–Kier alpha value is -0.730. The monoisotopic (exact) mass is 258 g/mol. The molecule has 0 spiro atoms. The molecule has 0 saturated carbocycles. The van der Waals surface area contributed by atoms with Gasteiger partial charge in [-0.25, -0.2) is 0 Å². The van der Waals surface area contributed by atoms with Crippen LogP contribution < -0.4 is 4.74 Å². The maximum Gasteiger partial charge on any atom is 0.168 e. The number of hydrogen-bond acceptors (Lipinski definition) is 2. The van der Waals surface area contributed by atoms with Gasteiger partial charge in [0.1, 0.15) is 10.8 Å². The number of ketones is 1. The van der Waals surface area contributed by atoms with Crippen LogP contribution in [0.3, 0.4) is 0 Å². The van der Waals surface area contributed by atoms with E-state index in [2.05, 4.69) is 0 Å². The van der Waals surface area contributed by atoms with Gasteiger partial charge >= 0.3 is 0 Å². The van der Waals surface area contributed by atoms with E-state index in [-0.39, 0.29) is 11.7 Å². The fraction of sp³-hybridized carbons (Fsp3) is 0.417. The minimum Gasteiger partial charge on any atom is -0.495 e. The van der Waals surface area contributed by atoms with Gasteiger partial charge in [-0.1, -0.05) is 30.1 Å². The Morgan fingerprint density at radius 2 is 2.12 bits per heavy atom. The van der Waals surface area contributed by atoms with Gasteiger partial charge in [0.15, 0.2) is 5.78 Å². The summed E-state index contributed by atoms with van der Waals surface area (Å²) in [6.45, 7) is 2.00. The van der Waals surface area contributed by atoms with E-state index >= 15 is 0 Å². The number of carbonyl (C=O) groups is 1. The molecule has 0 bridgehead atoms. The lowest BCUT2D eigenvalue weighted by Gasteiger charge is -2.08. The van der Waals surface area contributed by atoms with E-state index in [1.807, 2.05) is 13.0 Å². The van der Waals surface area contributed by atoms with Gasteiger partial charge in [-0.3, -0.25) is 4.79 Å². The van der Waals surface area contributed by atoms with Crippen LogP contribution in [0.25, 0.3) is 0 Å². The van der Waals surface area contributed by atoms with E-state index < -0.39 is 0 Å². The molecule has 1 atom stereocenters. The summed E-state index contributed by atoms with van der Waals surface area (Å²) in [5.41, 5.74) is 1.53. The molecule has 0 aromatic heterocycles. The van der Waals surface area contributed by atoms with Crippen LogP contribution in [0.2, 0.25) is 10.0 Å². The second kappa shape index (κ2) is 4.27. The summed E-state index contributed by atoms with van der Waals surface area (Å²) in [6.07, 6.45) is 1.56. The van der Waals surface area contributed by atoms with Crippen LogP contribution in [0, 0.1) is 5.92 Å². The van der Waals surface area contributed by atoms with Gasteiger partial charge in [0.2, 0.25) is 0 Å². The molecule has 2 nitrogen and oxygen atoms in total. The van der Waals surface area contributed by atoms with Gasteiger partial charge in [-0.15, -0.1) is 0 Å². The number of fused-ring (bicyclic) bond motifs is 1. The second-order valence-electron chi connectivity index (χ2n) is 3.91. The average molecular weight is 259 g/mol. The molecule has 16 heavy (non-hydrogen) atoms. The van der Waals surface area contributed by atoms with Gasteiger partial charge < -0.3 is 4.74 Å². The first-order chi connectivity index (χ1) is 7.60. The van der Waals surface area contributed by atoms with Crippen LogP contribution >= 0.6 is 23.2 Å². The molecule has 1 aliphatic carbocycles. The fourth-order valence-corrected chi connectivity index (χ4v) is 2.65. The van der Waals surface area contributed by atoms with E-state index in [4.69, 9.17) is 27.9 Å². The first kappa shape index (κ1) is 11.7. The van der Waals surface area contributed by atoms with Gasteiger partial charge in [0.25, 0.3) is 0 Å². The molecule has 86 valence electrons. The Morgan fingerprint density at radius 3 is 2.69 bits per heavy atom. The summed E-state index contributed by atoms with van der Waals surface area (Å²) < 4.78 is 5.13. The van der Waals surface area contributed by atoms with Crippen LogP contribution in [0.4, 0.5) is 0 Å². The predicted molar refractivity (Wildman–Crippen MR) is 64.8 cm³/mol. The first-order valence-electron chi connectivity index (χ1n) is 5.19. The number of methoxy groups -OCH3 is 1. The highest BCUT2D eigenvalue weighted by molar-refractivity contribution is 6.45. The van der Waals surface area contributed by atoms with Crippen molar-refractivity contribution in [3.05, 3.63) is 27.2 Å². The van der Waals surface area contributed by atoms with Crippen molar-refractivity contribution >= 4 is 29.0 Å². The van der Waals surface area contributed by atoms with Crippen LogP contribution in [0.1, 0.15) is 29.3 Å². The third-order valence-corrected chi connectivity index (χ3v) is 3.90. The summed E-state index contributed by atoms with van der Waals surface area (Å²) in [7, 11) is 1.54. The molecule has 0 aliphatic heterocycles.